The Kier molecular flexibility index (Phi) is 7.70. The molecule has 1 amide bonds. The Balaban J connectivity index is 3.96. The zero-order valence-corrected chi connectivity index (χ0v) is 9.64. The van der Waals surface area contributed by atoms with Gasteiger partial charge in [0.05, 0.1) is 13.0 Å². The minimum absolute atomic E-state index is 0.0173. The smallest absolute Gasteiger partial charge is 0.326 e. The Bertz CT molecular complexity index is 278. The highest BCUT2D eigenvalue weighted by Gasteiger charge is 2.22. The zero-order chi connectivity index (χ0) is 13.3. The van der Waals surface area contributed by atoms with Crippen LogP contribution in [0.2, 0.25) is 0 Å². The molecule has 0 aliphatic heterocycles. The van der Waals surface area contributed by atoms with E-state index in [-0.39, 0.29) is 13.0 Å². The predicted octanol–water partition coefficient (Wildman–Crippen LogP) is -0.153. The monoisotopic (exact) mass is 247 g/mol. The lowest BCUT2D eigenvalue weighted by Crippen LogP contribution is -2.42. The minimum atomic E-state index is -1.40. The molecule has 0 fully saturated rings. The molecule has 0 rings (SSSR count). The largest absolute Gasteiger partial charge is 0.481 e. The fraction of sp³-hybridized carbons (Fsp3) is 0.700. The Morgan fingerprint density at radius 2 is 1.88 bits per heavy atom. The van der Waals surface area contributed by atoms with Gasteiger partial charge in [0.25, 0.3) is 0 Å². The van der Waals surface area contributed by atoms with Gasteiger partial charge < -0.3 is 20.3 Å². The van der Waals surface area contributed by atoms with E-state index in [1.54, 1.807) is 0 Å². The first-order valence-electron chi connectivity index (χ1n) is 5.29. The SMILES string of the molecule is CCCOCCC(=O)NC(CC(=O)O)C(=O)O. The maximum absolute atomic E-state index is 11.3. The van der Waals surface area contributed by atoms with Gasteiger partial charge in [-0.05, 0) is 6.42 Å². The highest BCUT2D eigenvalue weighted by Crippen LogP contribution is 1.94. The summed E-state index contributed by atoms with van der Waals surface area (Å²) in [6.07, 6.45) is 0.207. The second-order valence-corrected chi connectivity index (χ2v) is 3.42. The molecule has 7 heteroatoms. The first-order valence-corrected chi connectivity index (χ1v) is 5.29. The summed E-state index contributed by atoms with van der Waals surface area (Å²) < 4.78 is 5.05. The third kappa shape index (κ3) is 8.21. The average Bonchev–Trinajstić information content (AvgIpc) is 2.22. The molecule has 0 aromatic carbocycles. The van der Waals surface area contributed by atoms with Crippen molar-refractivity contribution in [2.24, 2.45) is 0 Å². The number of carboxylic acid groups (broad SMARTS) is 2. The molecule has 0 aliphatic carbocycles. The van der Waals surface area contributed by atoms with Crippen LogP contribution < -0.4 is 5.32 Å². The Morgan fingerprint density at radius 1 is 1.24 bits per heavy atom. The third-order valence-corrected chi connectivity index (χ3v) is 1.83. The van der Waals surface area contributed by atoms with E-state index >= 15 is 0 Å². The van der Waals surface area contributed by atoms with Crippen molar-refractivity contribution in [3.05, 3.63) is 0 Å². The Hall–Kier alpha value is -1.63. The lowest BCUT2D eigenvalue weighted by molar-refractivity contribution is -0.147. The van der Waals surface area contributed by atoms with Crippen LogP contribution in [-0.2, 0) is 19.1 Å². The van der Waals surface area contributed by atoms with E-state index in [0.717, 1.165) is 6.42 Å². The van der Waals surface area contributed by atoms with Crippen molar-refractivity contribution in [3.8, 4) is 0 Å². The van der Waals surface area contributed by atoms with Gasteiger partial charge in [0.2, 0.25) is 5.91 Å². The first kappa shape index (κ1) is 15.4. The quantitative estimate of drug-likeness (QED) is 0.488. The number of nitrogens with one attached hydrogen (secondary N) is 1. The van der Waals surface area contributed by atoms with Crippen LogP contribution in [-0.4, -0.2) is 47.3 Å². The summed E-state index contributed by atoms with van der Waals surface area (Å²) in [7, 11) is 0. The van der Waals surface area contributed by atoms with Crippen LogP contribution in [0.1, 0.15) is 26.2 Å². The molecule has 0 bridgehead atoms. The van der Waals surface area contributed by atoms with Crippen molar-refractivity contribution in [2.75, 3.05) is 13.2 Å². The van der Waals surface area contributed by atoms with Crippen LogP contribution in [0.3, 0.4) is 0 Å². The van der Waals surface area contributed by atoms with E-state index in [0.29, 0.717) is 6.61 Å². The Labute approximate surface area is 98.8 Å². The molecule has 7 nitrogen and oxygen atoms in total. The van der Waals surface area contributed by atoms with Crippen molar-refractivity contribution < 1.29 is 29.3 Å². The standard InChI is InChI=1S/C10H17NO6/c1-2-4-17-5-3-8(12)11-7(10(15)16)6-9(13)14/h7H,2-6H2,1H3,(H,11,12)(H,13,14)(H,15,16). The number of carbonyl (C=O) groups is 3. The van der Waals surface area contributed by atoms with Crippen molar-refractivity contribution in [1.29, 1.82) is 0 Å². The van der Waals surface area contributed by atoms with E-state index in [1.165, 1.54) is 0 Å². The number of carbonyl (C=O) groups excluding carboxylic acids is 1. The molecule has 3 N–H and O–H groups in total. The Morgan fingerprint density at radius 3 is 2.35 bits per heavy atom. The summed E-state index contributed by atoms with van der Waals surface area (Å²) in [5, 5.41) is 19.2. The topological polar surface area (TPSA) is 113 Å². The van der Waals surface area contributed by atoms with Crippen LogP contribution in [0.4, 0.5) is 0 Å². The van der Waals surface area contributed by atoms with Crippen LogP contribution in [0.15, 0.2) is 0 Å². The van der Waals surface area contributed by atoms with Crippen molar-refractivity contribution >= 4 is 17.8 Å². The molecule has 17 heavy (non-hydrogen) atoms. The van der Waals surface area contributed by atoms with Gasteiger partial charge in [-0.1, -0.05) is 6.92 Å². The van der Waals surface area contributed by atoms with Gasteiger partial charge in [0, 0.05) is 13.0 Å². The van der Waals surface area contributed by atoms with Gasteiger partial charge >= 0.3 is 11.9 Å². The van der Waals surface area contributed by atoms with E-state index in [9.17, 15) is 14.4 Å². The van der Waals surface area contributed by atoms with Crippen molar-refractivity contribution in [2.45, 2.75) is 32.2 Å². The van der Waals surface area contributed by atoms with Crippen molar-refractivity contribution in [3.63, 3.8) is 0 Å². The molecule has 1 atom stereocenters. The highest BCUT2D eigenvalue weighted by molar-refractivity contribution is 5.86. The van der Waals surface area contributed by atoms with Crippen LogP contribution in [0.25, 0.3) is 0 Å². The molecular weight excluding hydrogens is 230 g/mol. The van der Waals surface area contributed by atoms with Crippen molar-refractivity contribution in [1.82, 2.24) is 5.32 Å². The number of rotatable bonds is 9. The van der Waals surface area contributed by atoms with Gasteiger partial charge in [0.1, 0.15) is 6.04 Å². The molecule has 0 saturated carbocycles. The van der Waals surface area contributed by atoms with Gasteiger partial charge in [-0.3, -0.25) is 9.59 Å². The molecule has 0 aliphatic rings. The maximum Gasteiger partial charge on any atom is 0.326 e. The van der Waals surface area contributed by atoms with Gasteiger partial charge in [0.15, 0.2) is 0 Å². The molecule has 0 saturated heterocycles. The molecule has 0 heterocycles. The zero-order valence-electron chi connectivity index (χ0n) is 9.64. The summed E-state index contributed by atoms with van der Waals surface area (Å²) >= 11 is 0. The van der Waals surface area contributed by atoms with E-state index in [2.05, 4.69) is 5.32 Å². The predicted molar refractivity (Wildman–Crippen MR) is 57.5 cm³/mol. The van der Waals surface area contributed by atoms with Crippen LogP contribution >= 0.6 is 0 Å². The fourth-order valence-corrected chi connectivity index (χ4v) is 1.05. The van der Waals surface area contributed by atoms with E-state index in [4.69, 9.17) is 14.9 Å². The van der Waals surface area contributed by atoms with E-state index < -0.39 is 30.3 Å². The number of ether oxygens (including phenoxy) is 1. The summed E-state index contributed by atoms with van der Waals surface area (Å²) in [6.45, 7) is 2.65. The van der Waals surface area contributed by atoms with Crippen LogP contribution in [0, 0.1) is 0 Å². The number of aliphatic carboxylic acids is 2. The normalized spacial score (nSPS) is 11.8. The number of carboxylic acids is 2. The molecule has 1 unspecified atom stereocenters. The van der Waals surface area contributed by atoms with E-state index in [1.807, 2.05) is 6.92 Å². The maximum atomic E-state index is 11.3. The summed E-state index contributed by atoms with van der Waals surface area (Å²) in [5.74, 6) is -3.18. The molecule has 0 aromatic rings. The summed E-state index contributed by atoms with van der Waals surface area (Å²) in [4.78, 5) is 32.2. The number of hydrogen-bond acceptors (Lipinski definition) is 4. The lowest BCUT2D eigenvalue weighted by Gasteiger charge is -2.12. The van der Waals surface area contributed by atoms with Gasteiger partial charge in [-0.2, -0.15) is 0 Å². The molecule has 0 aromatic heterocycles. The second-order valence-electron chi connectivity index (χ2n) is 3.42. The third-order valence-electron chi connectivity index (χ3n) is 1.83. The summed E-state index contributed by atoms with van der Waals surface area (Å²) in [5.41, 5.74) is 0. The molecule has 0 radical (unpaired) electrons. The van der Waals surface area contributed by atoms with Gasteiger partial charge in [-0.25, -0.2) is 4.79 Å². The average molecular weight is 247 g/mol. The molecular formula is C10H17NO6. The van der Waals surface area contributed by atoms with Crippen LogP contribution in [0.5, 0.6) is 0 Å². The minimum Gasteiger partial charge on any atom is -0.481 e. The second kappa shape index (κ2) is 8.51. The molecule has 98 valence electrons. The summed E-state index contributed by atoms with van der Waals surface area (Å²) in [6, 6.07) is -1.40. The fourth-order valence-electron chi connectivity index (χ4n) is 1.05. The number of hydrogen-bond donors (Lipinski definition) is 3. The highest BCUT2D eigenvalue weighted by atomic mass is 16.5. The number of amides is 1. The lowest BCUT2D eigenvalue weighted by atomic mass is 10.2. The van der Waals surface area contributed by atoms with Gasteiger partial charge in [-0.15, -0.1) is 0 Å². The molecule has 0 spiro atoms. The first-order chi connectivity index (χ1) is 7.97.